The number of ether oxygens (including phenoxy) is 1. The molecule has 0 aromatic carbocycles. The van der Waals surface area contributed by atoms with Crippen LogP contribution in [0.3, 0.4) is 0 Å². The Morgan fingerprint density at radius 1 is 1.30 bits per heavy atom. The van der Waals surface area contributed by atoms with E-state index in [4.69, 9.17) is 4.74 Å². The molecular formula is C19H30N4O3S. The second-order valence-corrected chi connectivity index (χ2v) is 8.26. The maximum Gasteiger partial charge on any atom is 0.265 e. The number of rotatable bonds is 6. The third-order valence-electron chi connectivity index (χ3n) is 5.64. The zero-order valence-electron chi connectivity index (χ0n) is 16.3. The van der Waals surface area contributed by atoms with Crippen LogP contribution in [0.25, 0.3) is 0 Å². The molecule has 0 aliphatic carbocycles. The second-order valence-electron chi connectivity index (χ2n) is 7.41. The Morgan fingerprint density at radius 2 is 2.07 bits per heavy atom. The molecule has 2 aliphatic heterocycles. The van der Waals surface area contributed by atoms with Gasteiger partial charge in [0.1, 0.15) is 4.88 Å². The quantitative estimate of drug-likeness (QED) is 0.741. The standard InChI is InChI=1S/C19H30N4O3S/c1-14-17(27-13-21-14)19(25)22-9-5-16(6-10-22)23-8-3-4-15(12-23)18(24)20-7-11-26-2/h13,15-16H,3-12H2,1-2H3,(H,20,24)/t15-/m0/s1. The van der Waals surface area contributed by atoms with E-state index in [1.807, 2.05) is 11.8 Å². The second kappa shape index (κ2) is 9.61. The van der Waals surface area contributed by atoms with Crippen molar-refractivity contribution in [1.29, 1.82) is 0 Å². The molecular weight excluding hydrogens is 364 g/mol. The number of aromatic nitrogens is 1. The minimum absolute atomic E-state index is 0.0649. The number of piperidine rings is 2. The fourth-order valence-electron chi connectivity index (χ4n) is 4.06. The van der Waals surface area contributed by atoms with Crippen LogP contribution in [-0.4, -0.2) is 79.1 Å². The summed E-state index contributed by atoms with van der Waals surface area (Å²) in [7, 11) is 1.64. The van der Waals surface area contributed by atoms with Crippen molar-refractivity contribution in [3.05, 3.63) is 16.1 Å². The molecule has 0 saturated carbocycles. The van der Waals surface area contributed by atoms with Crippen molar-refractivity contribution < 1.29 is 14.3 Å². The molecule has 1 atom stereocenters. The summed E-state index contributed by atoms with van der Waals surface area (Å²) in [6, 6.07) is 0.464. The SMILES string of the molecule is COCCNC(=O)[C@H]1CCCN(C2CCN(C(=O)c3scnc3C)CC2)C1. The first-order chi connectivity index (χ1) is 13.1. The highest BCUT2D eigenvalue weighted by Crippen LogP contribution is 2.25. The van der Waals surface area contributed by atoms with E-state index in [9.17, 15) is 9.59 Å². The lowest BCUT2D eigenvalue weighted by atomic mass is 9.93. The average Bonchev–Trinajstić information content (AvgIpc) is 3.13. The third kappa shape index (κ3) is 5.06. The van der Waals surface area contributed by atoms with E-state index >= 15 is 0 Å². The number of methoxy groups -OCH3 is 1. The molecule has 2 aliphatic rings. The lowest BCUT2D eigenvalue weighted by Crippen LogP contribution is -2.51. The van der Waals surface area contributed by atoms with Crippen LogP contribution in [0.5, 0.6) is 0 Å². The van der Waals surface area contributed by atoms with Crippen LogP contribution in [-0.2, 0) is 9.53 Å². The van der Waals surface area contributed by atoms with Crippen LogP contribution in [0.1, 0.15) is 41.0 Å². The van der Waals surface area contributed by atoms with E-state index < -0.39 is 0 Å². The van der Waals surface area contributed by atoms with E-state index in [2.05, 4.69) is 15.2 Å². The molecule has 0 radical (unpaired) electrons. The van der Waals surface area contributed by atoms with Gasteiger partial charge in [-0.05, 0) is 39.2 Å². The van der Waals surface area contributed by atoms with Gasteiger partial charge in [-0.15, -0.1) is 11.3 Å². The van der Waals surface area contributed by atoms with Crippen LogP contribution in [0.4, 0.5) is 0 Å². The lowest BCUT2D eigenvalue weighted by Gasteiger charge is -2.42. The van der Waals surface area contributed by atoms with Gasteiger partial charge in [0.25, 0.3) is 5.91 Å². The molecule has 2 fully saturated rings. The Bertz CT molecular complexity index is 643. The summed E-state index contributed by atoms with van der Waals surface area (Å²) in [5, 5.41) is 2.97. The monoisotopic (exact) mass is 394 g/mol. The number of likely N-dealkylation sites (tertiary alicyclic amines) is 2. The number of hydrogen-bond acceptors (Lipinski definition) is 6. The van der Waals surface area contributed by atoms with E-state index in [1.165, 1.54) is 11.3 Å². The summed E-state index contributed by atoms with van der Waals surface area (Å²) in [6.07, 6.45) is 3.96. The van der Waals surface area contributed by atoms with Crippen molar-refractivity contribution in [3.8, 4) is 0 Å². The number of nitrogens with zero attached hydrogens (tertiary/aromatic N) is 3. The number of hydrogen-bond donors (Lipinski definition) is 1. The number of amides is 2. The van der Waals surface area contributed by atoms with Gasteiger partial charge in [0.05, 0.1) is 23.7 Å². The number of carbonyl (C=O) groups excluding carboxylic acids is 2. The van der Waals surface area contributed by atoms with Crippen molar-refractivity contribution in [2.24, 2.45) is 5.92 Å². The Labute approximate surface area is 165 Å². The molecule has 150 valence electrons. The van der Waals surface area contributed by atoms with Gasteiger partial charge in [-0.2, -0.15) is 0 Å². The van der Waals surface area contributed by atoms with Crippen molar-refractivity contribution >= 4 is 23.2 Å². The van der Waals surface area contributed by atoms with E-state index in [1.54, 1.807) is 12.6 Å². The van der Waals surface area contributed by atoms with E-state index in [0.717, 1.165) is 62.4 Å². The fraction of sp³-hybridized carbons (Fsp3) is 0.737. The highest BCUT2D eigenvalue weighted by Gasteiger charge is 2.33. The summed E-state index contributed by atoms with van der Waals surface area (Å²) in [5.41, 5.74) is 2.56. The van der Waals surface area contributed by atoms with Crippen molar-refractivity contribution in [1.82, 2.24) is 20.1 Å². The normalized spacial score (nSPS) is 22.0. The van der Waals surface area contributed by atoms with Gasteiger partial charge >= 0.3 is 0 Å². The largest absolute Gasteiger partial charge is 0.383 e. The Balaban J connectivity index is 1.48. The van der Waals surface area contributed by atoms with Gasteiger partial charge in [0, 0.05) is 39.3 Å². The predicted octanol–water partition coefficient (Wildman–Crippen LogP) is 1.53. The first-order valence-corrected chi connectivity index (χ1v) is 10.7. The molecule has 1 N–H and O–H groups in total. The molecule has 0 bridgehead atoms. The molecule has 0 unspecified atom stereocenters. The highest BCUT2D eigenvalue weighted by atomic mass is 32.1. The third-order valence-corrected chi connectivity index (χ3v) is 6.55. The lowest BCUT2D eigenvalue weighted by molar-refractivity contribution is -0.127. The van der Waals surface area contributed by atoms with Crippen LogP contribution in [0.15, 0.2) is 5.51 Å². The molecule has 27 heavy (non-hydrogen) atoms. The van der Waals surface area contributed by atoms with Crippen LogP contribution in [0, 0.1) is 12.8 Å². The maximum absolute atomic E-state index is 12.7. The van der Waals surface area contributed by atoms with Gasteiger partial charge in [-0.25, -0.2) is 4.98 Å². The zero-order chi connectivity index (χ0) is 19.2. The summed E-state index contributed by atoms with van der Waals surface area (Å²) in [5.74, 6) is 0.322. The smallest absolute Gasteiger partial charge is 0.265 e. The zero-order valence-corrected chi connectivity index (χ0v) is 17.1. The Morgan fingerprint density at radius 3 is 2.74 bits per heavy atom. The summed E-state index contributed by atoms with van der Waals surface area (Å²) >= 11 is 1.43. The van der Waals surface area contributed by atoms with Gasteiger partial charge in [-0.3, -0.25) is 14.5 Å². The minimum Gasteiger partial charge on any atom is -0.383 e. The van der Waals surface area contributed by atoms with E-state index in [0.29, 0.717) is 19.2 Å². The van der Waals surface area contributed by atoms with Gasteiger partial charge in [-0.1, -0.05) is 0 Å². The maximum atomic E-state index is 12.7. The highest BCUT2D eigenvalue weighted by molar-refractivity contribution is 7.11. The summed E-state index contributed by atoms with van der Waals surface area (Å²) in [6.45, 7) is 6.45. The van der Waals surface area contributed by atoms with Gasteiger partial charge in [0.2, 0.25) is 5.91 Å². The molecule has 0 spiro atoms. The van der Waals surface area contributed by atoms with Crippen molar-refractivity contribution in [2.75, 3.05) is 46.4 Å². The number of nitrogens with one attached hydrogen (secondary N) is 1. The number of carbonyl (C=O) groups is 2. The van der Waals surface area contributed by atoms with Gasteiger partial charge < -0.3 is 15.0 Å². The summed E-state index contributed by atoms with van der Waals surface area (Å²) in [4.78, 5) is 34.4. The van der Waals surface area contributed by atoms with Gasteiger partial charge in [0.15, 0.2) is 0 Å². The first kappa shape index (κ1) is 20.2. The predicted molar refractivity (Wildman–Crippen MR) is 105 cm³/mol. The molecule has 8 heteroatoms. The fourth-order valence-corrected chi connectivity index (χ4v) is 4.83. The average molecular weight is 395 g/mol. The summed E-state index contributed by atoms with van der Waals surface area (Å²) < 4.78 is 5.00. The topological polar surface area (TPSA) is 74.8 Å². The molecule has 2 saturated heterocycles. The first-order valence-electron chi connectivity index (χ1n) is 9.80. The molecule has 2 amide bonds. The van der Waals surface area contributed by atoms with Crippen LogP contribution >= 0.6 is 11.3 Å². The molecule has 3 rings (SSSR count). The molecule has 1 aromatic rings. The Hall–Kier alpha value is -1.51. The number of thiazole rings is 1. The molecule has 1 aromatic heterocycles. The van der Waals surface area contributed by atoms with E-state index in [-0.39, 0.29) is 17.7 Å². The molecule has 7 nitrogen and oxygen atoms in total. The van der Waals surface area contributed by atoms with Crippen molar-refractivity contribution in [2.45, 2.75) is 38.6 Å². The van der Waals surface area contributed by atoms with Crippen molar-refractivity contribution in [3.63, 3.8) is 0 Å². The van der Waals surface area contributed by atoms with Crippen LogP contribution < -0.4 is 5.32 Å². The molecule has 3 heterocycles. The Kier molecular flexibility index (Phi) is 7.20. The van der Waals surface area contributed by atoms with Crippen LogP contribution in [0.2, 0.25) is 0 Å². The minimum atomic E-state index is 0.0649. The number of aryl methyl sites for hydroxylation is 1.